The van der Waals surface area contributed by atoms with Crippen LogP contribution in [0.3, 0.4) is 0 Å². The number of imidazole rings is 1. The van der Waals surface area contributed by atoms with Gasteiger partial charge in [0.2, 0.25) is 5.91 Å². The molecule has 1 saturated heterocycles. The maximum absolute atomic E-state index is 12.3. The summed E-state index contributed by atoms with van der Waals surface area (Å²) in [6.07, 6.45) is 0.841. The number of sulfone groups is 1. The van der Waals surface area contributed by atoms with Crippen LogP contribution >= 0.6 is 0 Å². The van der Waals surface area contributed by atoms with Gasteiger partial charge in [0, 0.05) is 13.0 Å². The average Bonchev–Trinajstić information content (AvgIpc) is 3.06. The first-order valence-electron chi connectivity index (χ1n) is 8.34. The van der Waals surface area contributed by atoms with Gasteiger partial charge in [0.05, 0.1) is 28.6 Å². The van der Waals surface area contributed by atoms with Crippen molar-refractivity contribution in [2.24, 2.45) is 5.92 Å². The molecule has 7 heteroatoms. The van der Waals surface area contributed by atoms with Gasteiger partial charge in [-0.15, -0.1) is 0 Å². The van der Waals surface area contributed by atoms with E-state index in [2.05, 4.69) is 21.8 Å². The van der Waals surface area contributed by atoms with Crippen LogP contribution in [0.4, 0.5) is 0 Å². The van der Waals surface area contributed by atoms with Gasteiger partial charge < -0.3 is 9.88 Å². The Labute approximate surface area is 142 Å². The van der Waals surface area contributed by atoms with E-state index in [1.165, 1.54) is 0 Å². The molecule has 3 rings (SSSR count). The number of carbonyl (C=O) groups is 1. The molecule has 1 fully saturated rings. The van der Waals surface area contributed by atoms with Crippen LogP contribution in [0.2, 0.25) is 0 Å². The van der Waals surface area contributed by atoms with Crippen LogP contribution in [-0.4, -0.2) is 35.4 Å². The predicted molar refractivity (Wildman–Crippen MR) is 93.3 cm³/mol. The minimum Gasteiger partial charge on any atom is -0.346 e. The van der Waals surface area contributed by atoms with E-state index in [0.717, 1.165) is 23.4 Å². The normalized spacial score (nSPS) is 21.0. The Morgan fingerprint density at radius 1 is 1.42 bits per heavy atom. The van der Waals surface area contributed by atoms with Gasteiger partial charge in [0.15, 0.2) is 9.84 Å². The van der Waals surface area contributed by atoms with Crippen LogP contribution in [-0.2, 0) is 21.2 Å². The van der Waals surface area contributed by atoms with Crippen molar-refractivity contribution in [2.45, 2.75) is 39.3 Å². The summed E-state index contributed by atoms with van der Waals surface area (Å²) in [4.78, 5) is 16.9. The van der Waals surface area contributed by atoms with Gasteiger partial charge in [-0.25, -0.2) is 13.4 Å². The molecule has 130 valence electrons. The molecule has 0 bridgehead atoms. The first-order valence-corrected chi connectivity index (χ1v) is 10.2. The summed E-state index contributed by atoms with van der Waals surface area (Å²) in [5.41, 5.74) is 1.97. The Bertz CT molecular complexity index is 857. The number of hydrogen-bond donors (Lipinski definition) is 1. The molecule has 1 aromatic heterocycles. The summed E-state index contributed by atoms with van der Waals surface area (Å²) in [7, 11) is -2.95. The van der Waals surface area contributed by atoms with E-state index in [0.29, 0.717) is 6.42 Å². The standard InChI is InChI=1S/C17H23N3O3S/c1-3-20-15-7-5-4-6-14(15)19-17(20)12(2)18-16(21)10-13-8-9-24(22,23)11-13/h4-7,12-13H,3,8-11H2,1-2H3,(H,18,21)/t12-,13-/m0/s1. The Hall–Kier alpha value is -1.89. The average molecular weight is 349 g/mol. The number of aryl methyl sites for hydroxylation is 1. The quantitative estimate of drug-likeness (QED) is 0.896. The third-order valence-electron chi connectivity index (χ3n) is 4.57. The fourth-order valence-corrected chi connectivity index (χ4v) is 5.28. The Morgan fingerprint density at radius 2 is 2.17 bits per heavy atom. The van der Waals surface area contributed by atoms with Crippen LogP contribution in [0.15, 0.2) is 24.3 Å². The molecule has 1 amide bonds. The van der Waals surface area contributed by atoms with E-state index in [9.17, 15) is 13.2 Å². The van der Waals surface area contributed by atoms with Gasteiger partial charge in [0.1, 0.15) is 5.82 Å². The van der Waals surface area contributed by atoms with Gasteiger partial charge >= 0.3 is 0 Å². The minimum absolute atomic E-state index is 0.0628. The molecule has 1 N–H and O–H groups in total. The van der Waals surface area contributed by atoms with E-state index in [1.54, 1.807) is 0 Å². The first-order chi connectivity index (χ1) is 11.4. The molecule has 2 atom stereocenters. The highest BCUT2D eigenvalue weighted by Gasteiger charge is 2.30. The highest BCUT2D eigenvalue weighted by molar-refractivity contribution is 7.91. The van der Waals surface area contributed by atoms with Crippen molar-refractivity contribution in [3.05, 3.63) is 30.1 Å². The Balaban J connectivity index is 1.71. The van der Waals surface area contributed by atoms with E-state index >= 15 is 0 Å². The maximum atomic E-state index is 12.3. The zero-order valence-corrected chi connectivity index (χ0v) is 14.8. The summed E-state index contributed by atoms with van der Waals surface area (Å²) in [5.74, 6) is 0.978. The number of para-hydroxylation sites is 2. The molecule has 0 radical (unpaired) electrons. The van der Waals surface area contributed by atoms with Crippen LogP contribution in [0.25, 0.3) is 11.0 Å². The molecule has 0 spiro atoms. The largest absolute Gasteiger partial charge is 0.346 e. The van der Waals surface area contributed by atoms with Crippen molar-refractivity contribution in [1.82, 2.24) is 14.9 Å². The summed E-state index contributed by atoms with van der Waals surface area (Å²) in [6, 6.07) is 7.69. The Morgan fingerprint density at radius 3 is 2.83 bits per heavy atom. The molecule has 0 unspecified atom stereocenters. The number of carbonyl (C=O) groups excluding carboxylic acids is 1. The monoisotopic (exact) mass is 349 g/mol. The number of benzene rings is 1. The van der Waals surface area contributed by atoms with Crippen LogP contribution in [0.1, 0.15) is 38.6 Å². The molecular weight excluding hydrogens is 326 g/mol. The third-order valence-corrected chi connectivity index (χ3v) is 6.40. The van der Waals surface area contributed by atoms with Gasteiger partial charge in [-0.2, -0.15) is 0 Å². The van der Waals surface area contributed by atoms with Crippen LogP contribution in [0.5, 0.6) is 0 Å². The highest BCUT2D eigenvalue weighted by Crippen LogP contribution is 2.23. The van der Waals surface area contributed by atoms with Crippen molar-refractivity contribution < 1.29 is 13.2 Å². The lowest BCUT2D eigenvalue weighted by Gasteiger charge is -2.16. The number of aromatic nitrogens is 2. The van der Waals surface area contributed by atoms with Crippen LogP contribution < -0.4 is 5.32 Å². The van der Waals surface area contributed by atoms with Crippen LogP contribution in [0, 0.1) is 5.92 Å². The Kier molecular flexibility index (Phi) is 4.62. The number of amides is 1. The number of nitrogens with one attached hydrogen (secondary N) is 1. The van der Waals surface area contributed by atoms with Gasteiger partial charge in [-0.05, 0) is 38.3 Å². The van der Waals surface area contributed by atoms with Crippen molar-refractivity contribution in [2.75, 3.05) is 11.5 Å². The van der Waals surface area contributed by atoms with Gasteiger partial charge in [0.25, 0.3) is 0 Å². The summed E-state index contributed by atoms with van der Waals surface area (Å²) >= 11 is 0. The lowest BCUT2D eigenvalue weighted by molar-refractivity contribution is -0.122. The molecule has 24 heavy (non-hydrogen) atoms. The number of rotatable bonds is 5. The SMILES string of the molecule is CCn1c([C@H](C)NC(=O)C[C@@H]2CCS(=O)(=O)C2)nc2ccccc21. The van der Waals surface area contributed by atoms with E-state index in [4.69, 9.17) is 0 Å². The van der Waals surface area contributed by atoms with E-state index in [1.807, 2.05) is 31.2 Å². The molecule has 0 aliphatic carbocycles. The summed E-state index contributed by atoms with van der Waals surface area (Å²) < 4.78 is 25.1. The lowest BCUT2D eigenvalue weighted by atomic mass is 10.0. The smallest absolute Gasteiger partial charge is 0.220 e. The molecule has 0 saturated carbocycles. The van der Waals surface area contributed by atoms with Gasteiger partial charge in [-0.1, -0.05) is 12.1 Å². The number of fused-ring (bicyclic) bond motifs is 1. The predicted octanol–water partition coefficient (Wildman–Crippen LogP) is 2.06. The first kappa shape index (κ1) is 17.0. The maximum Gasteiger partial charge on any atom is 0.220 e. The zero-order valence-electron chi connectivity index (χ0n) is 14.0. The molecular formula is C17H23N3O3S. The molecule has 1 aromatic carbocycles. The van der Waals surface area contributed by atoms with E-state index < -0.39 is 9.84 Å². The molecule has 1 aliphatic rings. The summed E-state index contributed by atoms with van der Waals surface area (Å²) in [5, 5.41) is 2.97. The fourth-order valence-electron chi connectivity index (χ4n) is 3.42. The van der Waals surface area contributed by atoms with Crippen molar-refractivity contribution in [3.8, 4) is 0 Å². The minimum atomic E-state index is -2.95. The third kappa shape index (κ3) is 3.45. The number of hydrogen-bond acceptors (Lipinski definition) is 4. The van der Waals surface area contributed by atoms with Crippen molar-refractivity contribution in [3.63, 3.8) is 0 Å². The topological polar surface area (TPSA) is 81.1 Å². The summed E-state index contributed by atoms with van der Waals surface area (Å²) in [6.45, 7) is 4.74. The molecule has 2 aromatic rings. The number of nitrogens with zero attached hydrogens (tertiary/aromatic N) is 2. The van der Waals surface area contributed by atoms with Crippen molar-refractivity contribution in [1.29, 1.82) is 0 Å². The zero-order chi connectivity index (χ0) is 17.3. The molecule has 6 nitrogen and oxygen atoms in total. The second-order valence-corrected chi connectivity index (χ2v) is 8.69. The molecule has 2 heterocycles. The molecule has 1 aliphatic heterocycles. The highest BCUT2D eigenvalue weighted by atomic mass is 32.2. The van der Waals surface area contributed by atoms with E-state index in [-0.39, 0.29) is 35.8 Å². The second-order valence-electron chi connectivity index (χ2n) is 6.47. The fraction of sp³-hybridized carbons (Fsp3) is 0.529. The second kappa shape index (κ2) is 6.55. The van der Waals surface area contributed by atoms with Gasteiger partial charge in [-0.3, -0.25) is 4.79 Å². The lowest BCUT2D eigenvalue weighted by Crippen LogP contribution is -2.30. The van der Waals surface area contributed by atoms with Crippen molar-refractivity contribution >= 4 is 26.8 Å².